The number of hydrogen-bond acceptors (Lipinski definition) is 2. The number of aryl methyl sites for hydroxylation is 1. The average molecular weight is 368 g/mol. The van der Waals surface area contributed by atoms with Crippen LogP contribution >= 0.6 is 0 Å². The predicted octanol–water partition coefficient (Wildman–Crippen LogP) is 5.00. The lowest BCUT2D eigenvalue weighted by Gasteiger charge is -2.34. The highest BCUT2D eigenvalue weighted by Gasteiger charge is 2.28. The lowest BCUT2D eigenvalue weighted by Crippen LogP contribution is -2.37. The molecule has 1 saturated heterocycles. The second-order valence-corrected chi connectivity index (χ2v) is 8.40. The van der Waals surface area contributed by atoms with Crippen molar-refractivity contribution in [1.29, 1.82) is 0 Å². The van der Waals surface area contributed by atoms with Crippen molar-refractivity contribution >= 4 is 0 Å². The third kappa shape index (κ3) is 4.09. The van der Waals surface area contributed by atoms with Gasteiger partial charge in [-0.15, -0.1) is 0 Å². The van der Waals surface area contributed by atoms with Crippen LogP contribution in [0, 0.1) is 18.7 Å². The molecule has 27 heavy (non-hydrogen) atoms. The first-order valence-electron chi connectivity index (χ1n) is 10.3. The van der Waals surface area contributed by atoms with Crippen molar-refractivity contribution < 1.29 is 9.50 Å². The summed E-state index contributed by atoms with van der Waals surface area (Å²) in [5, 5.41) is 10.7. The Labute approximate surface area is 162 Å². The summed E-state index contributed by atoms with van der Waals surface area (Å²) < 4.78 is 14.1. The lowest BCUT2D eigenvalue weighted by atomic mass is 9.88. The van der Waals surface area contributed by atoms with Crippen molar-refractivity contribution in [3.63, 3.8) is 0 Å². The van der Waals surface area contributed by atoms with Crippen LogP contribution in [-0.2, 0) is 6.42 Å². The van der Waals surface area contributed by atoms with E-state index in [1.165, 1.54) is 11.1 Å². The standard InChI is InChI=1S/C24H30FNO/c1-17-5-4-7-22-20(17)10-9-18(15-24(22)27)16-26-13-11-19(12-14-26)21-6-2-3-8-23(21)25/h2-8,18-19,24,27H,9-16H2,1H3/t18-,24-/m0/s1. The topological polar surface area (TPSA) is 23.5 Å². The van der Waals surface area contributed by atoms with Crippen LogP contribution in [0.2, 0.25) is 0 Å². The molecule has 0 aromatic heterocycles. The van der Waals surface area contributed by atoms with Gasteiger partial charge in [0.2, 0.25) is 0 Å². The van der Waals surface area contributed by atoms with Crippen LogP contribution in [0.5, 0.6) is 0 Å². The molecule has 1 fully saturated rings. The second kappa shape index (κ2) is 8.12. The van der Waals surface area contributed by atoms with Crippen molar-refractivity contribution in [3.8, 4) is 0 Å². The number of rotatable bonds is 3. The SMILES string of the molecule is Cc1cccc2c1CC[C@H](CN1CCC(c3ccccc3F)CC1)C[C@@H]2O. The van der Waals surface area contributed by atoms with Gasteiger partial charge in [0.05, 0.1) is 6.10 Å². The Kier molecular flexibility index (Phi) is 5.60. The summed E-state index contributed by atoms with van der Waals surface area (Å²) in [4.78, 5) is 2.53. The van der Waals surface area contributed by atoms with Gasteiger partial charge in [-0.3, -0.25) is 0 Å². The third-order valence-corrected chi connectivity index (χ3v) is 6.61. The van der Waals surface area contributed by atoms with Gasteiger partial charge in [-0.25, -0.2) is 4.39 Å². The molecule has 0 saturated carbocycles. The van der Waals surface area contributed by atoms with Gasteiger partial charge in [0, 0.05) is 6.54 Å². The zero-order valence-corrected chi connectivity index (χ0v) is 16.2. The van der Waals surface area contributed by atoms with Crippen LogP contribution < -0.4 is 0 Å². The van der Waals surface area contributed by atoms with Gasteiger partial charge in [0.25, 0.3) is 0 Å². The number of piperidine rings is 1. The molecule has 0 radical (unpaired) electrons. The molecule has 144 valence electrons. The molecular weight excluding hydrogens is 337 g/mol. The number of hydrogen-bond donors (Lipinski definition) is 1. The Morgan fingerprint density at radius 1 is 1.00 bits per heavy atom. The summed E-state index contributed by atoms with van der Waals surface area (Å²) in [6.45, 7) is 5.25. The van der Waals surface area contributed by atoms with Crippen LogP contribution in [0.3, 0.4) is 0 Å². The van der Waals surface area contributed by atoms with E-state index in [-0.39, 0.29) is 11.9 Å². The van der Waals surface area contributed by atoms with Gasteiger partial charge in [-0.1, -0.05) is 36.4 Å². The minimum atomic E-state index is -0.344. The van der Waals surface area contributed by atoms with E-state index in [4.69, 9.17) is 0 Å². The van der Waals surface area contributed by atoms with Crippen molar-refractivity contribution in [2.75, 3.05) is 19.6 Å². The molecule has 0 spiro atoms. The maximum atomic E-state index is 14.1. The van der Waals surface area contributed by atoms with Gasteiger partial charge in [-0.2, -0.15) is 0 Å². The van der Waals surface area contributed by atoms with Crippen molar-refractivity contribution in [1.82, 2.24) is 4.90 Å². The smallest absolute Gasteiger partial charge is 0.126 e. The number of benzene rings is 2. The maximum absolute atomic E-state index is 14.1. The molecule has 2 aromatic rings. The fraction of sp³-hybridized carbons (Fsp3) is 0.500. The monoisotopic (exact) mass is 367 g/mol. The minimum Gasteiger partial charge on any atom is -0.388 e. The van der Waals surface area contributed by atoms with Gasteiger partial charge >= 0.3 is 0 Å². The lowest BCUT2D eigenvalue weighted by molar-refractivity contribution is 0.117. The van der Waals surface area contributed by atoms with E-state index in [1.807, 2.05) is 12.1 Å². The summed E-state index contributed by atoms with van der Waals surface area (Å²) in [6.07, 6.45) is 4.76. The van der Waals surface area contributed by atoms with Crippen LogP contribution in [0.25, 0.3) is 0 Å². The van der Waals surface area contributed by atoms with E-state index in [9.17, 15) is 9.50 Å². The molecule has 0 bridgehead atoms. The molecule has 1 aliphatic heterocycles. The number of aliphatic hydroxyl groups excluding tert-OH is 1. The summed E-state index contributed by atoms with van der Waals surface area (Å²) >= 11 is 0. The summed E-state index contributed by atoms with van der Waals surface area (Å²) in [6, 6.07) is 13.5. The molecule has 1 aliphatic carbocycles. The highest BCUT2D eigenvalue weighted by molar-refractivity contribution is 5.37. The van der Waals surface area contributed by atoms with E-state index in [1.54, 1.807) is 12.1 Å². The summed E-state index contributed by atoms with van der Waals surface area (Å²) in [5.74, 6) is 0.807. The second-order valence-electron chi connectivity index (χ2n) is 8.40. The quantitative estimate of drug-likeness (QED) is 0.772. The average Bonchev–Trinajstić information content (AvgIpc) is 2.83. The van der Waals surface area contributed by atoms with Crippen LogP contribution in [-0.4, -0.2) is 29.6 Å². The van der Waals surface area contributed by atoms with Gasteiger partial charge < -0.3 is 10.0 Å². The molecular formula is C24H30FNO. The van der Waals surface area contributed by atoms with Gasteiger partial charge in [0.15, 0.2) is 0 Å². The van der Waals surface area contributed by atoms with E-state index < -0.39 is 0 Å². The molecule has 0 unspecified atom stereocenters. The zero-order chi connectivity index (χ0) is 18.8. The highest BCUT2D eigenvalue weighted by Crippen LogP contribution is 2.35. The van der Waals surface area contributed by atoms with Gasteiger partial charge in [0.1, 0.15) is 5.82 Å². The highest BCUT2D eigenvalue weighted by atomic mass is 19.1. The Morgan fingerprint density at radius 2 is 1.74 bits per heavy atom. The third-order valence-electron chi connectivity index (χ3n) is 6.61. The summed E-state index contributed by atoms with van der Waals surface area (Å²) in [7, 11) is 0. The number of halogens is 1. The number of aliphatic hydroxyl groups is 1. The maximum Gasteiger partial charge on any atom is 0.126 e. The molecule has 2 aliphatic rings. The molecule has 2 aromatic carbocycles. The van der Waals surface area contributed by atoms with Crippen LogP contribution in [0.1, 0.15) is 60.0 Å². The van der Waals surface area contributed by atoms with Crippen LogP contribution in [0.4, 0.5) is 4.39 Å². The molecule has 1 N–H and O–H groups in total. The molecule has 2 nitrogen and oxygen atoms in total. The van der Waals surface area contributed by atoms with E-state index in [0.717, 1.165) is 62.9 Å². The first-order chi connectivity index (χ1) is 13.1. The van der Waals surface area contributed by atoms with Crippen molar-refractivity contribution in [3.05, 3.63) is 70.5 Å². The van der Waals surface area contributed by atoms with E-state index in [0.29, 0.717) is 11.8 Å². The van der Waals surface area contributed by atoms with Gasteiger partial charge in [-0.05, 0) is 92.3 Å². The number of likely N-dealkylation sites (tertiary alicyclic amines) is 1. The number of nitrogens with zero attached hydrogens (tertiary/aromatic N) is 1. The Balaban J connectivity index is 1.35. The molecule has 3 heteroatoms. The Bertz CT molecular complexity index is 782. The molecule has 1 heterocycles. The molecule has 4 rings (SSSR count). The molecule has 2 atom stereocenters. The Hall–Kier alpha value is -1.71. The first kappa shape index (κ1) is 18.6. The van der Waals surface area contributed by atoms with E-state index >= 15 is 0 Å². The van der Waals surface area contributed by atoms with Crippen molar-refractivity contribution in [2.24, 2.45) is 5.92 Å². The fourth-order valence-corrected chi connectivity index (χ4v) is 5.05. The summed E-state index contributed by atoms with van der Waals surface area (Å²) in [5.41, 5.74) is 4.67. The predicted molar refractivity (Wildman–Crippen MR) is 107 cm³/mol. The fourth-order valence-electron chi connectivity index (χ4n) is 5.05. The minimum absolute atomic E-state index is 0.0593. The van der Waals surface area contributed by atoms with Crippen molar-refractivity contribution in [2.45, 2.75) is 51.0 Å². The van der Waals surface area contributed by atoms with E-state index in [2.05, 4.69) is 30.0 Å². The molecule has 0 amide bonds. The first-order valence-corrected chi connectivity index (χ1v) is 10.3. The van der Waals surface area contributed by atoms with Crippen LogP contribution in [0.15, 0.2) is 42.5 Å². The Morgan fingerprint density at radius 3 is 2.52 bits per heavy atom. The number of fused-ring (bicyclic) bond motifs is 1. The zero-order valence-electron chi connectivity index (χ0n) is 16.2. The normalized spacial score (nSPS) is 24.4. The largest absolute Gasteiger partial charge is 0.388 e.